The number of allylic oxidation sites excluding steroid dienone is 2. The predicted molar refractivity (Wildman–Crippen MR) is 203 cm³/mol. The largest absolute Gasteiger partial charge is 0.790 e. The maximum Gasteiger partial charge on any atom is 0.306 e. The molecule has 0 amide bonds. The Kier molecular flexibility index (Phi) is 36.6. The third-order valence-electron chi connectivity index (χ3n) is 9.27. The van der Waals surface area contributed by atoms with Crippen LogP contribution in [0.25, 0.3) is 0 Å². The Morgan fingerprint density at radius 2 is 0.840 bits per heavy atom. The number of carbonyl (C=O) groups is 2. The van der Waals surface area contributed by atoms with Crippen LogP contribution in [0.3, 0.4) is 0 Å². The normalized spacial score (nSPS) is 12.5. The van der Waals surface area contributed by atoms with Crippen LogP contribution in [-0.4, -0.2) is 31.3 Å². The molecule has 296 valence electrons. The highest BCUT2D eigenvalue weighted by Gasteiger charge is 2.18. The first kappa shape index (κ1) is 48.8. The van der Waals surface area contributed by atoms with Crippen molar-refractivity contribution < 1.29 is 37.9 Å². The van der Waals surface area contributed by atoms with Gasteiger partial charge in [-0.05, 0) is 38.5 Å². The van der Waals surface area contributed by atoms with E-state index in [2.05, 4.69) is 30.5 Å². The van der Waals surface area contributed by atoms with Gasteiger partial charge in [-0.25, -0.2) is 0 Å². The lowest BCUT2D eigenvalue weighted by Gasteiger charge is -2.30. The van der Waals surface area contributed by atoms with Gasteiger partial charge in [0.15, 0.2) is 6.10 Å². The Hall–Kier alpha value is -1.21. The Balaban J connectivity index is 3.89. The van der Waals surface area contributed by atoms with Crippen molar-refractivity contribution in [3.05, 3.63) is 12.2 Å². The molecular weight excluding hydrogens is 651 g/mol. The summed E-state index contributed by atoms with van der Waals surface area (Å²) in [5, 5.41) is 0. The summed E-state index contributed by atoms with van der Waals surface area (Å²) in [7, 11) is -5.25. The van der Waals surface area contributed by atoms with Gasteiger partial charge in [0.05, 0.1) is 14.4 Å². The summed E-state index contributed by atoms with van der Waals surface area (Å²) in [4.78, 5) is 46.5. The van der Waals surface area contributed by atoms with E-state index >= 15 is 0 Å². The van der Waals surface area contributed by atoms with E-state index in [-0.39, 0.29) is 19.4 Å². The summed E-state index contributed by atoms with van der Waals surface area (Å²) < 4.78 is 25.8. The lowest BCUT2D eigenvalue weighted by atomic mass is 10.0. The molecule has 0 N–H and O–H groups in total. The zero-order valence-electron chi connectivity index (χ0n) is 32.5. The number of rotatable bonds is 39. The van der Waals surface area contributed by atoms with E-state index in [1.54, 1.807) is 0 Å². The van der Waals surface area contributed by atoms with Crippen molar-refractivity contribution in [2.75, 3.05) is 13.2 Å². The number of unbranched alkanes of at least 4 members (excludes halogenated alkanes) is 27. The maximum atomic E-state index is 12.3. The molecule has 50 heavy (non-hydrogen) atoms. The molecule has 0 aliphatic rings. The average molecular weight is 729 g/mol. The van der Waals surface area contributed by atoms with Crippen LogP contribution in [0.4, 0.5) is 0 Å². The second kappa shape index (κ2) is 37.5. The summed E-state index contributed by atoms with van der Waals surface area (Å²) in [6.45, 7) is 3.51. The fourth-order valence-electron chi connectivity index (χ4n) is 6.13. The van der Waals surface area contributed by atoms with Gasteiger partial charge in [0.1, 0.15) is 6.61 Å². The molecule has 8 nitrogen and oxygen atoms in total. The van der Waals surface area contributed by atoms with Gasteiger partial charge in [0.25, 0.3) is 0 Å². The van der Waals surface area contributed by atoms with Crippen LogP contribution in [0, 0.1) is 0 Å². The second-order valence-corrected chi connectivity index (χ2v) is 15.4. The monoisotopic (exact) mass is 729 g/mol. The van der Waals surface area contributed by atoms with Crippen molar-refractivity contribution in [3.63, 3.8) is 0 Å². The first-order chi connectivity index (χ1) is 24.3. The molecule has 0 rings (SSSR count). The van der Waals surface area contributed by atoms with Crippen LogP contribution >= 0.6 is 7.82 Å². The molecule has 0 spiro atoms. The van der Waals surface area contributed by atoms with Crippen LogP contribution in [0.2, 0.25) is 0 Å². The number of hydrogen-bond acceptors (Lipinski definition) is 8. The number of phosphoric acid groups is 1. The van der Waals surface area contributed by atoms with E-state index < -0.39 is 32.5 Å². The number of phosphoric ester groups is 1. The Labute approximate surface area is 307 Å². The lowest BCUT2D eigenvalue weighted by molar-refractivity contribution is -0.343. The van der Waals surface area contributed by atoms with Crippen molar-refractivity contribution in [1.29, 1.82) is 0 Å². The van der Waals surface area contributed by atoms with Gasteiger partial charge in [0, 0.05) is 12.8 Å². The van der Waals surface area contributed by atoms with E-state index in [0.717, 1.165) is 44.9 Å². The summed E-state index contributed by atoms with van der Waals surface area (Å²) in [5.41, 5.74) is 0. The van der Waals surface area contributed by atoms with Crippen LogP contribution in [0.1, 0.15) is 219 Å². The van der Waals surface area contributed by atoms with Gasteiger partial charge >= 0.3 is 11.9 Å². The fourth-order valence-corrected chi connectivity index (χ4v) is 6.48. The minimum absolute atomic E-state index is 0.175. The summed E-state index contributed by atoms with van der Waals surface area (Å²) >= 11 is 0. The van der Waals surface area contributed by atoms with E-state index in [4.69, 9.17) is 9.47 Å². The molecule has 0 heterocycles. The quantitative estimate of drug-likeness (QED) is 0.0265. The number of hydrogen-bond donors (Lipinski definition) is 0. The van der Waals surface area contributed by atoms with Crippen molar-refractivity contribution in [2.24, 2.45) is 0 Å². The summed E-state index contributed by atoms with van der Waals surface area (Å²) in [5.74, 6) is -0.955. The zero-order chi connectivity index (χ0) is 36.8. The van der Waals surface area contributed by atoms with Crippen LogP contribution in [0.5, 0.6) is 0 Å². The van der Waals surface area contributed by atoms with Gasteiger partial charge in [-0.15, -0.1) is 0 Å². The molecule has 0 aromatic heterocycles. The van der Waals surface area contributed by atoms with Crippen molar-refractivity contribution in [3.8, 4) is 0 Å². The molecule has 0 radical (unpaired) electrons. The minimum Gasteiger partial charge on any atom is -0.790 e. The molecule has 1 atom stereocenters. The SMILES string of the molecule is CCCCCCCC/C=C\CCCCCCCC(=O)O[C@H](COC(=O)CCCCCCCCCCCCCCCCCCC)COP(=O)([O-])[O-]. The van der Waals surface area contributed by atoms with Crippen molar-refractivity contribution in [1.82, 2.24) is 0 Å². The molecule has 0 bridgehead atoms. The first-order valence-corrected chi connectivity index (χ1v) is 22.4. The third-order valence-corrected chi connectivity index (χ3v) is 9.74. The average Bonchev–Trinajstić information content (AvgIpc) is 3.08. The van der Waals surface area contributed by atoms with Crippen LogP contribution in [0.15, 0.2) is 12.2 Å². The molecule has 0 aromatic carbocycles. The highest BCUT2D eigenvalue weighted by molar-refractivity contribution is 7.43. The van der Waals surface area contributed by atoms with Crippen molar-refractivity contribution in [2.45, 2.75) is 225 Å². The maximum absolute atomic E-state index is 12.3. The van der Waals surface area contributed by atoms with Crippen LogP contribution < -0.4 is 9.79 Å². The molecule has 0 aromatic rings. The molecule has 0 aliphatic carbocycles. The first-order valence-electron chi connectivity index (χ1n) is 20.9. The molecule has 0 aliphatic heterocycles. The molecule has 0 unspecified atom stereocenters. The topological polar surface area (TPSA) is 125 Å². The smallest absolute Gasteiger partial charge is 0.306 e. The van der Waals surface area contributed by atoms with Gasteiger partial charge < -0.3 is 28.3 Å². The molecule has 0 fully saturated rings. The third kappa shape index (κ3) is 39.6. The highest BCUT2D eigenvalue weighted by Crippen LogP contribution is 2.25. The summed E-state index contributed by atoms with van der Waals surface area (Å²) in [6.07, 6.45) is 40.3. The van der Waals surface area contributed by atoms with Gasteiger partial charge in [-0.1, -0.05) is 180 Å². The zero-order valence-corrected chi connectivity index (χ0v) is 33.4. The second-order valence-electron chi connectivity index (χ2n) is 14.3. The van der Waals surface area contributed by atoms with E-state index in [0.29, 0.717) is 12.8 Å². The Morgan fingerprint density at radius 1 is 0.500 bits per heavy atom. The molecule has 0 saturated heterocycles. The number of ether oxygens (including phenoxy) is 2. The van der Waals surface area contributed by atoms with Gasteiger partial charge in [-0.2, -0.15) is 0 Å². The van der Waals surface area contributed by atoms with Gasteiger partial charge in [0.2, 0.25) is 0 Å². The van der Waals surface area contributed by atoms with E-state index in [1.807, 2.05) is 0 Å². The van der Waals surface area contributed by atoms with Crippen molar-refractivity contribution >= 4 is 19.8 Å². The fraction of sp³-hybridized carbons (Fsp3) is 0.902. The minimum atomic E-state index is -5.25. The Morgan fingerprint density at radius 3 is 1.22 bits per heavy atom. The summed E-state index contributed by atoms with van der Waals surface area (Å²) in [6, 6.07) is 0. The standard InChI is InChI=1S/C41H79O8P/c1-3-5-7-9-11-13-15-17-19-20-22-23-25-27-29-31-33-35-40(42)47-37-39(38-48-50(44,45)46)49-41(43)36-34-32-30-28-26-24-21-18-16-14-12-10-8-6-4-2/h18,21,39H,3-17,19-20,22-38H2,1-2H3,(H2,44,45,46)/p-2/b21-18-/t39-/m1/s1. The number of carbonyl (C=O) groups excluding carboxylic acids is 2. The van der Waals surface area contributed by atoms with E-state index in [9.17, 15) is 23.9 Å². The molecule has 9 heteroatoms. The predicted octanol–water partition coefficient (Wildman–Crippen LogP) is 11.4. The Bertz CT molecular complexity index is 827. The highest BCUT2D eigenvalue weighted by atomic mass is 31.2. The number of esters is 2. The molecule has 0 saturated carbocycles. The van der Waals surface area contributed by atoms with Gasteiger partial charge in [-0.3, -0.25) is 9.59 Å². The lowest BCUT2D eigenvalue weighted by Crippen LogP contribution is -2.31. The van der Waals surface area contributed by atoms with Crippen LogP contribution in [-0.2, 0) is 28.2 Å². The van der Waals surface area contributed by atoms with E-state index in [1.165, 1.54) is 135 Å². The molecular formula is C41H77O8P-2.